The number of aryl methyl sites for hydroxylation is 1. The normalized spacial score (nSPS) is 15.0. The molecule has 1 aliphatic rings. The number of aromatic nitrogens is 2. The summed E-state index contributed by atoms with van der Waals surface area (Å²) in [5.74, 6) is -0.188. The lowest BCUT2D eigenvalue weighted by Crippen LogP contribution is -2.28. The van der Waals surface area contributed by atoms with Crippen LogP contribution >= 0.6 is 23.4 Å². The summed E-state index contributed by atoms with van der Waals surface area (Å²) in [6, 6.07) is 10.3. The predicted molar refractivity (Wildman–Crippen MR) is 120 cm³/mol. The van der Waals surface area contributed by atoms with Gasteiger partial charge in [-0.1, -0.05) is 29.4 Å². The van der Waals surface area contributed by atoms with E-state index in [-0.39, 0.29) is 27.3 Å². The van der Waals surface area contributed by atoms with Gasteiger partial charge in [0.15, 0.2) is 5.16 Å². The second kappa shape index (κ2) is 8.58. The number of rotatable bonds is 6. The van der Waals surface area contributed by atoms with Crippen LogP contribution in [0.4, 0.5) is 5.69 Å². The largest absolute Gasteiger partial charge is 0.333 e. The predicted octanol–water partition coefficient (Wildman–Crippen LogP) is 4.04. The molecule has 2 N–H and O–H groups in total. The molecular formula is C20H21ClN4O3S2. The lowest BCUT2D eigenvalue weighted by molar-refractivity contribution is -0.113. The van der Waals surface area contributed by atoms with Crippen LogP contribution in [0.3, 0.4) is 0 Å². The topological polar surface area (TPSA) is 95.2 Å². The molecule has 2 heterocycles. The van der Waals surface area contributed by atoms with Crippen LogP contribution < -0.4 is 5.32 Å². The molecule has 1 saturated heterocycles. The number of fused-ring (bicyclic) bond motifs is 1. The molecule has 1 aromatic heterocycles. The molecule has 4 rings (SSSR count). The molecule has 7 nitrogen and oxygen atoms in total. The van der Waals surface area contributed by atoms with Crippen LogP contribution in [0.5, 0.6) is 0 Å². The van der Waals surface area contributed by atoms with Gasteiger partial charge in [0, 0.05) is 13.1 Å². The third-order valence-corrected chi connectivity index (χ3v) is 7.97. The fraction of sp³-hybridized carbons (Fsp3) is 0.300. The van der Waals surface area contributed by atoms with Crippen molar-refractivity contribution in [3.63, 3.8) is 0 Å². The molecule has 0 atom stereocenters. The summed E-state index contributed by atoms with van der Waals surface area (Å²) in [4.78, 5) is 20.2. The molecule has 0 spiro atoms. The first-order chi connectivity index (χ1) is 14.3. The Morgan fingerprint density at radius 1 is 1.23 bits per heavy atom. The summed E-state index contributed by atoms with van der Waals surface area (Å²) in [6.07, 6.45) is 1.71. The van der Waals surface area contributed by atoms with Gasteiger partial charge in [-0.25, -0.2) is 13.4 Å². The molecule has 1 fully saturated rings. The Morgan fingerprint density at radius 3 is 2.77 bits per heavy atom. The average Bonchev–Trinajstić information content (AvgIpc) is 3.37. The SMILES string of the molecule is Cc1ccc2nc(SCC(=O)Nc3cc(S(=O)(=O)N4CCCC4)ccc3Cl)[nH]c2c1. The van der Waals surface area contributed by atoms with E-state index in [4.69, 9.17) is 11.6 Å². The van der Waals surface area contributed by atoms with Gasteiger partial charge < -0.3 is 10.3 Å². The maximum atomic E-state index is 12.8. The molecule has 0 saturated carbocycles. The summed E-state index contributed by atoms with van der Waals surface area (Å²) < 4.78 is 27.0. The zero-order valence-corrected chi connectivity index (χ0v) is 18.7. The highest BCUT2D eigenvalue weighted by atomic mass is 35.5. The van der Waals surface area contributed by atoms with Crippen LogP contribution in [0, 0.1) is 6.92 Å². The molecule has 1 aliphatic heterocycles. The van der Waals surface area contributed by atoms with Crippen molar-refractivity contribution in [2.24, 2.45) is 0 Å². The number of carbonyl (C=O) groups excluding carboxylic acids is 1. The number of H-pyrrole nitrogens is 1. The fourth-order valence-electron chi connectivity index (χ4n) is 3.33. The molecule has 2 aromatic carbocycles. The Bertz CT molecular complexity index is 1200. The molecular weight excluding hydrogens is 444 g/mol. The van der Waals surface area contributed by atoms with Crippen LogP contribution in [-0.2, 0) is 14.8 Å². The molecule has 30 heavy (non-hydrogen) atoms. The maximum absolute atomic E-state index is 12.8. The first-order valence-electron chi connectivity index (χ1n) is 9.52. The second-order valence-corrected chi connectivity index (χ2v) is 10.5. The summed E-state index contributed by atoms with van der Waals surface area (Å²) in [5, 5.41) is 3.64. The number of anilines is 1. The van der Waals surface area contributed by atoms with Crippen molar-refractivity contribution in [1.29, 1.82) is 0 Å². The smallest absolute Gasteiger partial charge is 0.243 e. The summed E-state index contributed by atoms with van der Waals surface area (Å²) >= 11 is 7.45. The highest BCUT2D eigenvalue weighted by Gasteiger charge is 2.27. The number of carbonyl (C=O) groups is 1. The number of hydrogen-bond acceptors (Lipinski definition) is 5. The summed E-state index contributed by atoms with van der Waals surface area (Å²) in [6.45, 7) is 3.03. The quantitative estimate of drug-likeness (QED) is 0.537. The number of sulfonamides is 1. The number of aromatic amines is 1. The summed E-state index contributed by atoms with van der Waals surface area (Å²) in [7, 11) is -3.58. The Morgan fingerprint density at radius 2 is 2.00 bits per heavy atom. The lowest BCUT2D eigenvalue weighted by Gasteiger charge is -2.16. The number of halogens is 1. The van der Waals surface area contributed by atoms with Gasteiger partial charge in [0.05, 0.1) is 32.4 Å². The van der Waals surface area contributed by atoms with Crippen LogP contribution in [0.1, 0.15) is 18.4 Å². The molecule has 0 radical (unpaired) electrons. The van der Waals surface area contributed by atoms with E-state index in [1.807, 2.05) is 25.1 Å². The molecule has 10 heteroatoms. The zero-order chi connectivity index (χ0) is 21.3. The van der Waals surface area contributed by atoms with Gasteiger partial charge in [0.1, 0.15) is 0 Å². The minimum atomic E-state index is -3.58. The Labute approximate surface area is 184 Å². The van der Waals surface area contributed by atoms with E-state index >= 15 is 0 Å². The van der Waals surface area contributed by atoms with Crippen molar-refractivity contribution in [3.05, 3.63) is 47.0 Å². The molecule has 0 unspecified atom stereocenters. The van der Waals surface area contributed by atoms with Gasteiger partial charge in [-0.2, -0.15) is 4.31 Å². The van der Waals surface area contributed by atoms with Gasteiger partial charge >= 0.3 is 0 Å². The number of amides is 1. The zero-order valence-electron chi connectivity index (χ0n) is 16.3. The Balaban J connectivity index is 1.44. The first-order valence-corrected chi connectivity index (χ1v) is 12.3. The minimum Gasteiger partial charge on any atom is -0.333 e. The third kappa shape index (κ3) is 4.49. The highest BCUT2D eigenvalue weighted by molar-refractivity contribution is 7.99. The molecule has 0 bridgehead atoms. The number of nitrogens with one attached hydrogen (secondary N) is 2. The standard InChI is InChI=1S/C20H21ClN4O3S2/c1-13-4-7-16-18(10-13)24-20(23-16)29-12-19(26)22-17-11-14(5-6-15(17)21)30(27,28)25-8-2-3-9-25/h4-7,10-11H,2-3,8-9,12H2,1H3,(H,22,26)(H,23,24). The van der Waals surface area contributed by atoms with E-state index in [1.54, 1.807) is 0 Å². The highest BCUT2D eigenvalue weighted by Crippen LogP contribution is 2.29. The van der Waals surface area contributed by atoms with Crippen molar-refractivity contribution in [1.82, 2.24) is 14.3 Å². The van der Waals surface area contributed by atoms with E-state index in [2.05, 4.69) is 15.3 Å². The molecule has 0 aliphatic carbocycles. The van der Waals surface area contributed by atoms with E-state index in [0.717, 1.165) is 29.4 Å². The van der Waals surface area contributed by atoms with E-state index in [9.17, 15) is 13.2 Å². The number of hydrogen-bond donors (Lipinski definition) is 2. The number of nitrogens with zero attached hydrogens (tertiary/aromatic N) is 2. The van der Waals surface area contributed by atoms with Crippen LogP contribution in [0.15, 0.2) is 46.5 Å². The number of imidazole rings is 1. The van der Waals surface area contributed by atoms with Gasteiger partial charge in [-0.05, 0) is 55.7 Å². The monoisotopic (exact) mass is 464 g/mol. The Hall–Kier alpha value is -2.07. The van der Waals surface area contributed by atoms with Crippen LogP contribution in [0.25, 0.3) is 11.0 Å². The number of thioether (sulfide) groups is 1. The number of benzene rings is 2. The van der Waals surface area contributed by atoms with E-state index in [1.165, 1.54) is 34.3 Å². The third-order valence-electron chi connectivity index (χ3n) is 4.87. The molecule has 3 aromatic rings. The van der Waals surface area contributed by atoms with Crippen LogP contribution in [0.2, 0.25) is 5.02 Å². The van der Waals surface area contributed by atoms with Gasteiger partial charge in [-0.3, -0.25) is 4.79 Å². The lowest BCUT2D eigenvalue weighted by atomic mass is 10.2. The minimum absolute atomic E-state index is 0.109. The first kappa shape index (κ1) is 21.2. The molecule has 1 amide bonds. The summed E-state index contributed by atoms with van der Waals surface area (Å²) in [5.41, 5.74) is 3.16. The van der Waals surface area contributed by atoms with Crippen molar-refractivity contribution in [2.45, 2.75) is 29.8 Å². The van der Waals surface area contributed by atoms with Crippen molar-refractivity contribution in [3.8, 4) is 0 Å². The van der Waals surface area contributed by atoms with Gasteiger partial charge in [0.25, 0.3) is 0 Å². The van der Waals surface area contributed by atoms with Crippen molar-refractivity contribution >= 4 is 56.0 Å². The fourth-order valence-corrected chi connectivity index (χ4v) is 5.72. The second-order valence-electron chi connectivity index (χ2n) is 7.15. The van der Waals surface area contributed by atoms with Crippen molar-refractivity contribution in [2.75, 3.05) is 24.2 Å². The van der Waals surface area contributed by atoms with Gasteiger partial charge in [0.2, 0.25) is 15.9 Å². The maximum Gasteiger partial charge on any atom is 0.243 e. The Kier molecular flexibility index (Phi) is 6.06. The van der Waals surface area contributed by atoms with E-state index < -0.39 is 10.0 Å². The van der Waals surface area contributed by atoms with E-state index in [0.29, 0.717) is 18.2 Å². The molecule has 158 valence electrons. The average molecular weight is 465 g/mol. The van der Waals surface area contributed by atoms with Gasteiger partial charge in [-0.15, -0.1) is 0 Å². The van der Waals surface area contributed by atoms with Crippen LogP contribution in [-0.4, -0.2) is 47.4 Å². The van der Waals surface area contributed by atoms with Crippen molar-refractivity contribution < 1.29 is 13.2 Å².